The summed E-state index contributed by atoms with van der Waals surface area (Å²) in [5.74, 6) is -0.165. The van der Waals surface area contributed by atoms with Crippen LogP contribution in [0.15, 0.2) is 48.7 Å². The largest absolute Gasteiger partial charge is 0.361 e. The first-order valence-electron chi connectivity index (χ1n) is 10.1. The van der Waals surface area contributed by atoms with Crippen LogP contribution in [0, 0.1) is 0 Å². The van der Waals surface area contributed by atoms with Crippen molar-refractivity contribution in [1.29, 1.82) is 0 Å². The van der Waals surface area contributed by atoms with Gasteiger partial charge in [0, 0.05) is 41.6 Å². The highest BCUT2D eigenvalue weighted by molar-refractivity contribution is 6.31. The lowest BCUT2D eigenvalue weighted by Crippen LogP contribution is -2.28. The molecule has 1 saturated heterocycles. The Kier molecular flexibility index (Phi) is 5.86. The third kappa shape index (κ3) is 4.46. The molecule has 0 aliphatic carbocycles. The fourth-order valence-electron chi connectivity index (χ4n) is 3.88. The van der Waals surface area contributed by atoms with Crippen molar-refractivity contribution >= 4 is 40.0 Å². The van der Waals surface area contributed by atoms with Crippen LogP contribution in [0.3, 0.4) is 0 Å². The number of hydrogen-bond donors (Lipinski definition) is 2. The zero-order valence-corrected chi connectivity index (χ0v) is 17.0. The Labute approximate surface area is 175 Å². The number of carbonyl (C=O) groups is 2. The zero-order valence-electron chi connectivity index (χ0n) is 16.2. The zero-order chi connectivity index (χ0) is 20.2. The molecule has 1 aliphatic heterocycles. The van der Waals surface area contributed by atoms with Gasteiger partial charge in [0.05, 0.1) is 11.3 Å². The normalized spacial score (nSPS) is 13.8. The molecule has 0 atom stereocenters. The summed E-state index contributed by atoms with van der Waals surface area (Å²) in [7, 11) is 0. The number of nitrogens with zero attached hydrogens (tertiary/aromatic N) is 1. The van der Waals surface area contributed by atoms with Crippen LogP contribution in [0.4, 0.5) is 5.69 Å². The number of para-hydroxylation sites is 1. The highest BCUT2D eigenvalue weighted by atomic mass is 35.5. The second kappa shape index (κ2) is 8.70. The highest BCUT2D eigenvalue weighted by Crippen LogP contribution is 2.25. The summed E-state index contributed by atoms with van der Waals surface area (Å²) in [4.78, 5) is 30.4. The summed E-state index contributed by atoms with van der Waals surface area (Å²) in [6.07, 6.45) is 5.98. The Morgan fingerprint density at radius 1 is 1.10 bits per heavy atom. The topological polar surface area (TPSA) is 65.2 Å². The molecule has 4 rings (SSSR count). The van der Waals surface area contributed by atoms with Crippen molar-refractivity contribution in [3.8, 4) is 0 Å². The van der Waals surface area contributed by atoms with E-state index in [4.69, 9.17) is 11.6 Å². The summed E-state index contributed by atoms with van der Waals surface area (Å²) in [6.45, 7) is 1.51. The number of rotatable bonds is 6. The number of anilines is 1. The second-order valence-electron chi connectivity index (χ2n) is 7.45. The summed E-state index contributed by atoms with van der Waals surface area (Å²) in [5, 5.41) is 4.60. The lowest BCUT2D eigenvalue weighted by atomic mass is 10.1. The van der Waals surface area contributed by atoms with Crippen LogP contribution >= 0.6 is 11.6 Å². The average Bonchev–Trinajstić information content (AvgIpc) is 3.39. The molecule has 29 heavy (non-hydrogen) atoms. The van der Waals surface area contributed by atoms with E-state index in [9.17, 15) is 9.59 Å². The van der Waals surface area contributed by atoms with E-state index < -0.39 is 0 Å². The first-order chi connectivity index (χ1) is 14.1. The molecule has 0 radical (unpaired) electrons. The number of amides is 2. The van der Waals surface area contributed by atoms with E-state index in [2.05, 4.69) is 16.4 Å². The van der Waals surface area contributed by atoms with Crippen LogP contribution < -0.4 is 5.32 Å². The van der Waals surface area contributed by atoms with Crippen molar-refractivity contribution in [2.45, 2.75) is 32.1 Å². The third-order valence-corrected chi connectivity index (χ3v) is 5.64. The number of aromatic nitrogens is 1. The van der Waals surface area contributed by atoms with E-state index in [1.54, 1.807) is 18.2 Å². The predicted octanol–water partition coefficient (Wildman–Crippen LogP) is 5.02. The van der Waals surface area contributed by atoms with Gasteiger partial charge in [-0.05, 0) is 55.5 Å². The number of fused-ring (bicyclic) bond motifs is 1. The Bertz CT molecular complexity index is 1040. The van der Waals surface area contributed by atoms with Gasteiger partial charge in [0.1, 0.15) is 0 Å². The van der Waals surface area contributed by atoms with Gasteiger partial charge in [-0.1, -0.05) is 29.8 Å². The van der Waals surface area contributed by atoms with Gasteiger partial charge in [0.25, 0.3) is 5.91 Å². The van der Waals surface area contributed by atoms with E-state index in [0.29, 0.717) is 22.7 Å². The Morgan fingerprint density at radius 3 is 2.72 bits per heavy atom. The number of hydrogen-bond acceptors (Lipinski definition) is 2. The molecule has 1 fully saturated rings. The van der Waals surface area contributed by atoms with Crippen molar-refractivity contribution < 1.29 is 9.59 Å². The molecule has 5 nitrogen and oxygen atoms in total. The summed E-state index contributed by atoms with van der Waals surface area (Å²) >= 11 is 6.11. The molecule has 0 unspecified atom stereocenters. The maximum Gasteiger partial charge on any atom is 0.256 e. The van der Waals surface area contributed by atoms with Gasteiger partial charge in [-0.25, -0.2) is 0 Å². The van der Waals surface area contributed by atoms with Crippen LogP contribution in [0.2, 0.25) is 5.02 Å². The Morgan fingerprint density at radius 2 is 1.90 bits per heavy atom. The van der Waals surface area contributed by atoms with Gasteiger partial charge in [-0.15, -0.1) is 0 Å². The SMILES string of the molecule is O=C(CCCc1c[nH]c2ccccc12)Nc1ccc(Cl)cc1C(=O)N1CCCC1. The smallest absolute Gasteiger partial charge is 0.256 e. The third-order valence-electron chi connectivity index (χ3n) is 5.40. The first kappa shape index (κ1) is 19.5. The number of benzene rings is 2. The van der Waals surface area contributed by atoms with E-state index >= 15 is 0 Å². The van der Waals surface area contributed by atoms with Gasteiger partial charge < -0.3 is 15.2 Å². The molecule has 2 heterocycles. The van der Waals surface area contributed by atoms with Crippen molar-refractivity contribution in [3.63, 3.8) is 0 Å². The number of aromatic amines is 1. The first-order valence-corrected chi connectivity index (χ1v) is 10.4. The van der Waals surface area contributed by atoms with Crippen LogP contribution in [0.5, 0.6) is 0 Å². The number of likely N-dealkylation sites (tertiary alicyclic amines) is 1. The maximum atomic E-state index is 12.8. The van der Waals surface area contributed by atoms with Crippen molar-refractivity contribution in [2.75, 3.05) is 18.4 Å². The van der Waals surface area contributed by atoms with Gasteiger partial charge >= 0.3 is 0 Å². The average molecular weight is 410 g/mol. The van der Waals surface area contributed by atoms with E-state index in [-0.39, 0.29) is 11.8 Å². The molecule has 2 N–H and O–H groups in total. The molecule has 0 saturated carbocycles. The molecule has 1 aliphatic rings. The lowest BCUT2D eigenvalue weighted by molar-refractivity contribution is -0.116. The minimum atomic E-state index is -0.0948. The molecule has 3 aromatic rings. The molecular weight excluding hydrogens is 386 g/mol. The summed E-state index contributed by atoms with van der Waals surface area (Å²) in [5.41, 5.74) is 3.32. The standard InChI is InChI=1S/C23H24ClN3O2/c24-17-10-11-21(19(14-17)23(29)27-12-3-4-13-27)26-22(28)9-5-6-16-15-25-20-8-2-1-7-18(16)20/h1-2,7-8,10-11,14-15,25H,3-6,9,12-13H2,(H,26,28). The quantitative estimate of drug-likeness (QED) is 0.600. The van der Waals surface area contributed by atoms with Crippen LogP contribution in [0.1, 0.15) is 41.6 Å². The molecular formula is C23H24ClN3O2. The Balaban J connectivity index is 1.38. The highest BCUT2D eigenvalue weighted by Gasteiger charge is 2.22. The van der Waals surface area contributed by atoms with Crippen LogP contribution in [0.25, 0.3) is 10.9 Å². The summed E-state index contributed by atoms with van der Waals surface area (Å²) < 4.78 is 0. The van der Waals surface area contributed by atoms with E-state index in [1.165, 1.54) is 10.9 Å². The van der Waals surface area contributed by atoms with Crippen LogP contribution in [-0.2, 0) is 11.2 Å². The van der Waals surface area contributed by atoms with Gasteiger partial charge in [-0.2, -0.15) is 0 Å². The maximum absolute atomic E-state index is 12.8. The molecule has 2 amide bonds. The molecule has 0 bridgehead atoms. The minimum absolute atomic E-state index is 0.0703. The molecule has 0 spiro atoms. The van der Waals surface area contributed by atoms with Gasteiger partial charge in [-0.3, -0.25) is 9.59 Å². The van der Waals surface area contributed by atoms with Crippen molar-refractivity contribution in [2.24, 2.45) is 0 Å². The van der Waals surface area contributed by atoms with Gasteiger partial charge in [0.15, 0.2) is 0 Å². The number of halogens is 1. The Hall–Kier alpha value is -2.79. The van der Waals surface area contributed by atoms with Crippen LogP contribution in [-0.4, -0.2) is 34.8 Å². The number of H-pyrrole nitrogens is 1. The van der Waals surface area contributed by atoms with Crippen molar-refractivity contribution in [3.05, 3.63) is 64.8 Å². The molecule has 2 aromatic carbocycles. The second-order valence-corrected chi connectivity index (χ2v) is 7.89. The number of carbonyl (C=O) groups excluding carboxylic acids is 2. The van der Waals surface area contributed by atoms with E-state index in [0.717, 1.165) is 44.3 Å². The fraction of sp³-hybridized carbons (Fsp3) is 0.304. The molecule has 150 valence electrons. The lowest BCUT2D eigenvalue weighted by Gasteiger charge is -2.18. The van der Waals surface area contributed by atoms with Gasteiger partial charge in [0.2, 0.25) is 5.91 Å². The predicted molar refractivity (Wildman–Crippen MR) is 116 cm³/mol. The monoisotopic (exact) mass is 409 g/mol. The van der Waals surface area contributed by atoms with E-state index in [1.807, 2.05) is 29.3 Å². The van der Waals surface area contributed by atoms with Crippen molar-refractivity contribution in [1.82, 2.24) is 9.88 Å². The molecule has 6 heteroatoms. The number of aryl methyl sites for hydroxylation is 1. The number of nitrogens with one attached hydrogen (secondary N) is 2. The minimum Gasteiger partial charge on any atom is -0.361 e. The fourth-order valence-corrected chi connectivity index (χ4v) is 4.06. The summed E-state index contributed by atoms with van der Waals surface area (Å²) in [6, 6.07) is 13.2. The molecule has 1 aromatic heterocycles.